The Labute approximate surface area is 132 Å². The van der Waals surface area contributed by atoms with Gasteiger partial charge in [-0.2, -0.15) is 4.98 Å². The van der Waals surface area contributed by atoms with Gasteiger partial charge in [0.05, 0.1) is 11.6 Å². The van der Waals surface area contributed by atoms with Crippen LogP contribution < -0.4 is 4.90 Å². The summed E-state index contributed by atoms with van der Waals surface area (Å²) >= 11 is 7.97. The molecule has 3 aromatic rings. The first-order valence-electron chi connectivity index (χ1n) is 6.99. The number of aromatic nitrogens is 2. The first-order chi connectivity index (χ1) is 10.2. The molecule has 0 saturated heterocycles. The Balaban J connectivity index is 1.88. The predicted octanol–water partition coefficient (Wildman–Crippen LogP) is 4.47. The van der Waals surface area contributed by atoms with Crippen molar-refractivity contribution in [2.45, 2.75) is 19.4 Å². The number of fused-ring (bicyclic) bond motifs is 2. The van der Waals surface area contributed by atoms with E-state index < -0.39 is 0 Å². The average molecular weight is 316 g/mol. The third-order valence-corrected chi connectivity index (χ3v) is 5.27. The van der Waals surface area contributed by atoms with E-state index in [1.807, 2.05) is 29.5 Å². The van der Waals surface area contributed by atoms with Crippen molar-refractivity contribution < 1.29 is 0 Å². The SMILES string of the molecule is CC1c2ccsc2CCN1c1nc(Cl)nc2ccccc12. The van der Waals surface area contributed by atoms with Crippen LogP contribution in [0.2, 0.25) is 5.28 Å². The van der Waals surface area contributed by atoms with Gasteiger partial charge >= 0.3 is 0 Å². The highest BCUT2D eigenvalue weighted by molar-refractivity contribution is 7.10. The molecule has 0 saturated carbocycles. The van der Waals surface area contributed by atoms with E-state index in [1.54, 1.807) is 0 Å². The van der Waals surface area contributed by atoms with Crippen LogP contribution in [0, 0.1) is 0 Å². The summed E-state index contributed by atoms with van der Waals surface area (Å²) in [6.45, 7) is 3.20. The Bertz CT molecular complexity index is 814. The lowest BCUT2D eigenvalue weighted by Crippen LogP contribution is -2.34. The van der Waals surface area contributed by atoms with Crippen molar-refractivity contribution in [2.24, 2.45) is 0 Å². The molecule has 0 fully saturated rings. The molecule has 3 nitrogen and oxygen atoms in total. The minimum atomic E-state index is 0.312. The number of thiophene rings is 1. The summed E-state index contributed by atoms with van der Waals surface area (Å²) in [5.74, 6) is 0.940. The summed E-state index contributed by atoms with van der Waals surface area (Å²) in [6, 6.07) is 10.6. The fourth-order valence-electron chi connectivity index (χ4n) is 3.05. The summed E-state index contributed by atoms with van der Waals surface area (Å²) in [7, 11) is 0. The summed E-state index contributed by atoms with van der Waals surface area (Å²) in [5, 5.41) is 3.55. The molecule has 1 unspecified atom stereocenters. The standard InChI is InChI=1S/C16H14ClN3S/c1-10-11-7-9-21-14(11)6-8-20(10)15-12-4-2-3-5-13(12)18-16(17)19-15/h2-5,7,9-10H,6,8H2,1H3. The molecule has 0 bridgehead atoms. The maximum Gasteiger partial charge on any atom is 0.224 e. The van der Waals surface area contributed by atoms with Crippen molar-refractivity contribution in [3.63, 3.8) is 0 Å². The number of halogens is 1. The van der Waals surface area contributed by atoms with Crippen LogP contribution >= 0.6 is 22.9 Å². The molecule has 0 spiro atoms. The van der Waals surface area contributed by atoms with E-state index in [0.29, 0.717) is 11.3 Å². The van der Waals surface area contributed by atoms with Crippen molar-refractivity contribution >= 4 is 39.7 Å². The lowest BCUT2D eigenvalue weighted by atomic mass is 10.0. The normalized spacial score (nSPS) is 18.0. The number of nitrogens with zero attached hydrogens (tertiary/aromatic N) is 3. The number of para-hydroxylation sites is 1. The number of hydrogen-bond donors (Lipinski definition) is 0. The highest BCUT2D eigenvalue weighted by Gasteiger charge is 2.27. The van der Waals surface area contributed by atoms with E-state index in [4.69, 9.17) is 11.6 Å². The van der Waals surface area contributed by atoms with Gasteiger partial charge in [-0.25, -0.2) is 4.98 Å². The van der Waals surface area contributed by atoms with Crippen molar-refractivity contribution in [2.75, 3.05) is 11.4 Å². The molecular formula is C16H14ClN3S. The Kier molecular flexibility index (Phi) is 3.08. The van der Waals surface area contributed by atoms with Crippen LogP contribution in [0.3, 0.4) is 0 Å². The fourth-order valence-corrected chi connectivity index (χ4v) is 4.18. The second-order valence-electron chi connectivity index (χ2n) is 5.25. The number of benzene rings is 1. The molecular weight excluding hydrogens is 302 g/mol. The van der Waals surface area contributed by atoms with Crippen molar-refractivity contribution in [3.8, 4) is 0 Å². The van der Waals surface area contributed by atoms with Crippen LogP contribution in [0.25, 0.3) is 10.9 Å². The molecule has 5 heteroatoms. The van der Waals surface area contributed by atoms with Crippen LogP contribution in [0.5, 0.6) is 0 Å². The third kappa shape index (κ3) is 2.10. The van der Waals surface area contributed by atoms with Crippen LogP contribution in [0.1, 0.15) is 23.4 Å². The molecule has 1 aliphatic heterocycles. The number of anilines is 1. The van der Waals surface area contributed by atoms with Crippen molar-refractivity contribution in [1.29, 1.82) is 0 Å². The van der Waals surface area contributed by atoms with Crippen molar-refractivity contribution in [3.05, 3.63) is 51.4 Å². The molecule has 1 aliphatic rings. The van der Waals surface area contributed by atoms with Gasteiger partial charge in [0, 0.05) is 16.8 Å². The predicted molar refractivity (Wildman–Crippen MR) is 88.3 cm³/mol. The zero-order chi connectivity index (χ0) is 14.4. The van der Waals surface area contributed by atoms with E-state index in [9.17, 15) is 0 Å². The van der Waals surface area contributed by atoms with E-state index in [1.165, 1.54) is 10.4 Å². The first-order valence-corrected chi connectivity index (χ1v) is 8.25. The summed E-state index contributed by atoms with van der Waals surface area (Å²) in [4.78, 5) is 12.7. The molecule has 0 amide bonds. The van der Waals surface area contributed by atoms with Gasteiger partial charge < -0.3 is 4.90 Å². The Morgan fingerprint density at radius 1 is 1.24 bits per heavy atom. The van der Waals surface area contributed by atoms with Crippen molar-refractivity contribution in [1.82, 2.24) is 9.97 Å². The minimum Gasteiger partial charge on any atom is -0.349 e. The van der Waals surface area contributed by atoms with Crippen LogP contribution in [-0.2, 0) is 6.42 Å². The number of rotatable bonds is 1. The Morgan fingerprint density at radius 3 is 3.00 bits per heavy atom. The smallest absolute Gasteiger partial charge is 0.224 e. The number of hydrogen-bond acceptors (Lipinski definition) is 4. The molecule has 3 heterocycles. The Hall–Kier alpha value is -1.65. The quantitative estimate of drug-likeness (QED) is 0.620. The lowest BCUT2D eigenvalue weighted by molar-refractivity contribution is 0.627. The molecule has 4 rings (SSSR count). The molecule has 106 valence electrons. The van der Waals surface area contributed by atoms with E-state index in [2.05, 4.69) is 39.3 Å². The van der Waals surface area contributed by atoms with Gasteiger partial charge in [-0.1, -0.05) is 12.1 Å². The van der Waals surface area contributed by atoms with Gasteiger partial charge in [0.15, 0.2) is 0 Å². The largest absolute Gasteiger partial charge is 0.349 e. The minimum absolute atomic E-state index is 0.312. The zero-order valence-corrected chi connectivity index (χ0v) is 13.2. The average Bonchev–Trinajstić information content (AvgIpc) is 2.96. The van der Waals surface area contributed by atoms with Crippen LogP contribution in [-0.4, -0.2) is 16.5 Å². The van der Waals surface area contributed by atoms with E-state index >= 15 is 0 Å². The highest BCUT2D eigenvalue weighted by Crippen LogP contribution is 2.37. The summed E-state index contributed by atoms with van der Waals surface area (Å²) < 4.78 is 0. The van der Waals surface area contributed by atoms with Crippen LogP contribution in [0.15, 0.2) is 35.7 Å². The lowest BCUT2D eigenvalue weighted by Gasteiger charge is -2.35. The van der Waals surface area contributed by atoms with Crippen LogP contribution in [0.4, 0.5) is 5.82 Å². The molecule has 1 atom stereocenters. The molecule has 21 heavy (non-hydrogen) atoms. The fraction of sp³-hybridized carbons (Fsp3) is 0.250. The zero-order valence-electron chi connectivity index (χ0n) is 11.6. The van der Waals surface area contributed by atoms with E-state index in [0.717, 1.165) is 29.7 Å². The van der Waals surface area contributed by atoms with Gasteiger partial charge in [-0.3, -0.25) is 0 Å². The Morgan fingerprint density at radius 2 is 2.10 bits per heavy atom. The maximum absolute atomic E-state index is 6.12. The second-order valence-corrected chi connectivity index (χ2v) is 6.59. The van der Waals surface area contributed by atoms with Gasteiger partial charge in [-0.15, -0.1) is 11.3 Å². The maximum atomic E-state index is 6.12. The van der Waals surface area contributed by atoms with Gasteiger partial charge in [0.25, 0.3) is 0 Å². The topological polar surface area (TPSA) is 29.0 Å². The third-order valence-electron chi connectivity index (χ3n) is 4.11. The van der Waals surface area contributed by atoms with Gasteiger partial charge in [-0.05, 0) is 54.1 Å². The molecule has 1 aromatic carbocycles. The van der Waals surface area contributed by atoms with Gasteiger partial charge in [0.2, 0.25) is 5.28 Å². The summed E-state index contributed by atoms with van der Waals surface area (Å²) in [5.41, 5.74) is 2.31. The first kappa shape index (κ1) is 13.0. The van der Waals surface area contributed by atoms with E-state index in [-0.39, 0.29) is 0 Å². The monoisotopic (exact) mass is 315 g/mol. The molecule has 0 N–H and O–H groups in total. The second kappa shape index (κ2) is 4.97. The highest BCUT2D eigenvalue weighted by atomic mass is 35.5. The molecule has 2 aromatic heterocycles. The summed E-state index contributed by atoms with van der Waals surface area (Å²) in [6.07, 6.45) is 1.06. The molecule has 0 radical (unpaired) electrons. The molecule has 0 aliphatic carbocycles. The van der Waals surface area contributed by atoms with Gasteiger partial charge in [0.1, 0.15) is 5.82 Å².